The zero-order chi connectivity index (χ0) is 13.4. The lowest BCUT2D eigenvalue weighted by molar-refractivity contribution is -0.115. The molecule has 92 valence electrons. The van der Waals surface area contributed by atoms with E-state index in [-0.39, 0.29) is 17.0 Å². The number of para-hydroxylation sites is 2. The van der Waals surface area contributed by atoms with Gasteiger partial charge in [-0.15, -0.1) is 0 Å². The lowest BCUT2D eigenvalue weighted by Crippen LogP contribution is -2.26. The van der Waals surface area contributed by atoms with Gasteiger partial charge in [0.25, 0.3) is 0 Å². The number of carbonyl (C=O) groups excluding carboxylic acids is 1. The van der Waals surface area contributed by atoms with Crippen LogP contribution in [0.3, 0.4) is 0 Å². The number of halogens is 1. The molecule has 0 radical (unpaired) electrons. The summed E-state index contributed by atoms with van der Waals surface area (Å²) in [6, 6.07) is 13.0. The fraction of sp³-hybridized carbons (Fsp3) is 0. The number of hydrogen-bond acceptors (Lipinski definition) is 1. The maximum Gasteiger partial charge on any atom is 0.389 e. The largest absolute Gasteiger partial charge is 0.389 e. The molecular weight excluding hydrogens is 245 g/mol. The molecule has 0 saturated heterocycles. The van der Waals surface area contributed by atoms with Gasteiger partial charge in [0.15, 0.2) is 0 Å². The summed E-state index contributed by atoms with van der Waals surface area (Å²) < 4.78 is 14.0. The second kappa shape index (κ2) is 4.15. The van der Waals surface area contributed by atoms with E-state index in [0.29, 0.717) is 5.69 Å². The van der Waals surface area contributed by atoms with Gasteiger partial charge in [-0.05, 0) is 24.3 Å². The van der Waals surface area contributed by atoms with Crippen molar-refractivity contribution in [1.82, 2.24) is 0 Å². The van der Waals surface area contributed by atoms with E-state index in [1.165, 1.54) is 17.0 Å². The zero-order valence-electron chi connectivity index (χ0n) is 9.75. The molecule has 4 nitrogen and oxygen atoms in total. The van der Waals surface area contributed by atoms with Crippen LogP contribution in [0.25, 0.3) is 5.53 Å². The molecule has 0 fully saturated rings. The maximum absolute atomic E-state index is 14.0. The molecule has 2 aromatic carbocycles. The molecule has 1 amide bonds. The predicted molar refractivity (Wildman–Crippen MR) is 67.7 cm³/mol. The molecule has 1 aliphatic heterocycles. The van der Waals surface area contributed by atoms with E-state index in [1.54, 1.807) is 36.4 Å². The number of nitrogens with zero attached hydrogens (tertiary/aromatic N) is 3. The van der Waals surface area contributed by atoms with Gasteiger partial charge in [-0.25, -0.2) is 4.39 Å². The summed E-state index contributed by atoms with van der Waals surface area (Å²) in [6.45, 7) is 0. The molecule has 2 aromatic rings. The molecule has 0 atom stereocenters. The van der Waals surface area contributed by atoms with Crippen molar-refractivity contribution in [2.45, 2.75) is 0 Å². The Balaban J connectivity index is 2.30. The van der Waals surface area contributed by atoms with Gasteiger partial charge in [0.2, 0.25) is 0 Å². The summed E-state index contributed by atoms with van der Waals surface area (Å²) in [6.07, 6.45) is 0. The number of carbonyl (C=O) groups is 1. The van der Waals surface area contributed by atoms with Crippen LogP contribution in [0.5, 0.6) is 0 Å². The van der Waals surface area contributed by atoms with Gasteiger partial charge in [-0.2, -0.15) is 4.79 Å². The van der Waals surface area contributed by atoms with Crippen LogP contribution in [0, 0.1) is 5.82 Å². The Morgan fingerprint density at radius 1 is 1.05 bits per heavy atom. The van der Waals surface area contributed by atoms with E-state index in [9.17, 15) is 9.18 Å². The highest BCUT2D eigenvalue weighted by Crippen LogP contribution is 2.36. The van der Waals surface area contributed by atoms with Gasteiger partial charge < -0.3 is 5.53 Å². The standard InChI is InChI=1S/C14H8FN3O/c15-11-8-4-7-10-12(17-16)14(19)18(13(10)11)9-5-2-1-3-6-9/h1-8H. The first kappa shape index (κ1) is 11.3. The predicted octanol–water partition coefficient (Wildman–Crippen LogP) is 2.52. The number of benzene rings is 2. The summed E-state index contributed by atoms with van der Waals surface area (Å²) in [4.78, 5) is 16.4. The van der Waals surface area contributed by atoms with Gasteiger partial charge >= 0.3 is 11.6 Å². The Morgan fingerprint density at radius 2 is 1.79 bits per heavy atom. The molecule has 5 heteroatoms. The minimum atomic E-state index is -0.547. The van der Waals surface area contributed by atoms with E-state index in [1.807, 2.05) is 0 Å². The van der Waals surface area contributed by atoms with Crippen molar-refractivity contribution in [2.75, 3.05) is 4.90 Å². The number of amides is 1. The third kappa shape index (κ3) is 1.57. The molecule has 3 rings (SSSR count). The van der Waals surface area contributed by atoms with Crippen LogP contribution >= 0.6 is 0 Å². The van der Waals surface area contributed by atoms with Crippen molar-refractivity contribution < 1.29 is 14.0 Å². The average molecular weight is 253 g/mol. The minimum Gasteiger partial charge on any atom is -0.361 e. The van der Waals surface area contributed by atoms with Crippen LogP contribution in [0.15, 0.2) is 48.5 Å². The second-order valence-electron chi connectivity index (χ2n) is 4.06. The van der Waals surface area contributed by atoms with E-state index < -0.39 is 11.7 Å². The number of hydrogen-bond donors (Lipinski definition) is 0. The van der Waals surface area contributed by atoms with Crippen molar-refractivity contribution in [2.24, 2.45) is 0 Å². The van der Waals surface area contributed by atoms with Crippen LogP contribution in [0.4, 0.5) is 15.8 Å². The summed E-state index contributed by atoms with van der Waals surface area (Å²) in [5, 5.41) is 0. The van der Waals surface area contributed by atoms with Crippen molar-refractivity contribution >= 4 is 23.0 Å². The fourth-order valence-electron chi connectivity index (χ4n) is 2.18. The molecule has 1 heterocycles. The minimum absolute atomic E-state index is 0.117. The van der Waals surface area contributed by atoms with Crippen LogP contribution in [0.1, 0.15) is 5.56 Å². The van der Waals surface area contributed by atoms with E-state index in [2.05, 4.69) is 4.79 Å². The molecule has 1 aliphatic rings. The van der Waals surface area contributed by atoms with Gasteiger partial charge in [0, 0.05) is 5.69 Å². The molecule has 0 bridgehead atoms. The summed E-state index contributed by atoms with van der Waals surface area (Å²) in [5.41, 5.74) is 9.73. The van der Waals surface area contributed by atoms with Crippen molar-refractivity contribution in [3.63, 3.8) is 0 Å². The average Bonchev–Trinajstić information content (AvgIpc) is 2.73. The zero-order valence-corrected chi connectivity index (χ0v) is 9.75. The number of anilines is 2. The second-order valence-corrected chi connectivity index (χ2v) is 4.06. The van der Waals surface area contributed by atoms with E-state index in [0.717, 1.165) is 0 Å². The molecular formula is C14H8FN3O. The molecule has 0 saturated carbocycles. The van der Waals surface area contributed by atoms with Gasteiger partial charge in [-0.3, -0.25) is 9.69 Å². The molecule has 0 aliphatic carbocycles. The van der Waals surface area contributed by atoms with Gasteiger partial charge in [0.05, 0.1) is 5.56 Å². The highest BCUT2D eigenvalue weighted by Gasteiger charge is 2.43. The Kier molecular flexibility index (Phi) is 2.47. The summed E-state index contributed by atoms with van der Waals surface area (Å²) in [7, 11) is 0. The highest BCUT2D eigenvalue weighted by molar-refractivity contribution is 6.53. The Labute approximate surface area is 108 Å². The van der Waals surface area contributed by atoms with Crippen LogP contribution in [0.2, 0.25) is 0 Å². The smallest absolute Gasteiger partial charge is 0.361 e. The first-order valence-electron chi connectivity index (χ1n) is 5.64. The van der Waals surface area contributed by atoms with Crippen LogP contribution in [-0.4, -0.2) is 16.4 Å². The quantitative estimate of drug-likeness (QED) is 0.569. The molecule has 19 heavy (non-hydrogen) atoms. The first-order valence-corrected chi connectivity index (χ1v) is 5.64. The summed E-state index contributed by atoms with van der Waals surface area (Å²) in [5.74, 6) is -1.08. The third-order valence-corrected chi connectivity index (χ3v) is 2.99. The van der Waals surface area contributed by atoms with E-state index in [4.69, 9.17) is 5.53 Å². The van der Waals surface area contributed by atoms with Crippen molar-refractivity contribution in [3.8, 4) is 0 Å². The first-order chi connectivity index (χ1) is 9.24. The lowest BCUT2D eigenvalue weighted by atomic mass is 10.1. The molecule has 0 aromatic heterocycles. The van der Waals surface area contributed by atoms with Crippen molar-refractivity contribution in [1.29, 1.82) is 0 Å². The van der Waals surface area contributed by atoms with Crippen LogP contribution in [-0.2, 0) is 4.79 Å². The Morgan fingerprint density at radius 3 is 2.47 bits per heavy atom. The Hall–Kier alpha value is -2.78. The van der Waals surface area contributed by atoms with Gasteiger partial charge in [0.1, 0.15) is 11.5 Å². The SMILES string of the molecule is [N-]=[N+]=C1C(=O)N(c2ccccc2)c2c(F)cccc21. The number of fused-ring (bicyclic) bond motifs is 1. The highest BCUT2D eigenvalue weighted by atomic mass is 19.1. The Bertz CT molecular complexity index is 721. The third-order valence-electron chi connectivity index (χ3n) is 2.99. The van der Waals surface area contributed by atoms with Gasteiger partial charge in [-0.1, -0.05) is 24.3 Å². The lowest BCUT2D eigenvalue weighted by Gasteiger charge is -2.16. The normalized spacial score (nSPS) is 13.4. The fourth-order valence-corrected chi connectivity index (χ4v) is 2.18. The molecule has 0 spiro atoms. The molecule has 0 unspecified atom stereocenters. The summed E-state index contributed by atoms with van der Waals surface area (Å²) >= 11 is 0. The topological polar surface area (TPSA) is 56.7 Å². The van der Waals surface area contributed by atoms with Crippen LogP contribution < -0.4 is 4.90 Å². The van der Waals surface area contributed by atoms with Crippen molar-refractivity contribution in [3.05, 3.63) is 65.4 Å². The monoisotopic (exact) mass is 253 g/mol. The maximum atomic E-state index is 14.0. The molecule has 0 N–H and O–H groups in total. The van der Waals surface area contributed by atoms with E-state index >= 15 is 0 Å². The number of rotatable bonds is 1.